The Morgan fingerprint density at radius 2 is 1.78 bits per heavy atom. The van der Waals surface area contributed by atoms with Gasteiger partial charge in [0.2, 0.25) is 11.5 Å². The van der Waals surface area contributed by atoms with Crippen LogP contribution in [0.5, 0.6) is 5.88 Å². The number of aromatic nitrogens is 2. The smallest absolute Gasteiger partial charge is 0.335 e. The molecule has 3 aromatic rings. The van der Waals surface area contributed by atoms with E-state index >= 15 is 0 Å². The van der Waals surface area contributed by atoms with Gasteiger partial charge in [-0.05, 0) is 18.2 Å². The summed E-state index contributed by atoms with van der Waals surface area (Å²) in [5, 5.41) is 12.6. The summed E-state index contributed by atoms with van der Waals surface area (Å²) in [4.78, 5) is 11.9. The fourth-order valence-corrected chi connectivity index (χ4v) is 3.88. The van der Waals surface area contributed by atoms with Gasteiger partial charge in [0.1, 0.15) is 10.8 Å². The van der Waals surface area contributed by atoms with Crippen molar-refractivity contribution in [3.05, 3.63) is 60.4 Å². The lowest BCUT2D eigenvalue weighted by atomic mass is 10.3. The highest BCUT2D eigenvalue weighted by atomic mass is 35.5. The average molecular weight is 351 g/mol. The molecule has 23 heavy (non-hydrogen) atoms. The van der Waals surface area contributed by atoms with Crippen molar-refractivity contribution >= 4 is 33.1 Å². The van der Waals surface area contributed by atoms with Crippen LogP contribution in [0.1, 0.15) is 10.5 Å². The van der Waals surface area contributed by atoms with Crippen LogP contribution in [0.3, 0.4) is 0 Å². The Balaban J connectivity index is 2.40. The number of hydrogen-bond donors (Lipinski definition) is 0. The lowest BCUT2D eigenvalue weighted by Gasteiger charge is -2.06. The van der Waals surface area contributed by atoms with Gasteiger partial charge in [-0.2, -0.15) is 12.8 Å². The summed E-state index contributed by atoms with van der Waals surface area (Å²) >= 11 is 5.54. The number of rotatable bonds is 4. The molecule has 0 fully saturated rings. The van der Waals surface area contributed by atoms with Gasteiger partial charge in [0, 0.05) is 6.07 Å². The summed E-state index contributed by atoms with van der Waals surface area (Å²) < 4.78 is 27.5. The largest absolute Gasteiger partial charge is 0.838 e. The van der Waals surface area contributed by atoms with Gasteiger partial charge in [-0.1, -0.05) is 24.3 Å². The van der Waals surface area contributed by atoms with E-state index in [4.69, 9.17) is 11.6 Å². The third-order valence-electron chi connectivity index (χ3n) is 3.34. The van der Waals surface area contributed by atoms with Crippen LogP contribution < -0.4 is 9.08 Å². The van der Waals surface area contributed by atoms with Gasteiger partial charge < -0.3 is 5.11 Å². The summed E-state index contributed by atoms with van der Waals surface area (Å²) in [6, 6.07) is 12.2. The molecule has 6 nitrogen and oxygen atoms in total. The van der Waals surface area contributed by atoms with Crippen LogP contribution in [0, 0.1) is 0 Å². The molecule has 0 N–H and O–H groups in total. The number of nitrogens with zero attached hydrogens (tertiary/aromatic N) is 2. The van der Waals surface area contributed by atoms with Crippen molar-refractivity contribution in [3.63, 3.8) is 0 Å². The predicted octanol–water partition coefficient (Wildman–Crippen LogP) is 0.959. The lowest BCUT2D eigenvalue weighted by molar-refractivity contribution is -0.560. The molecule has 0 radical (unpaired) electrons. The molecule has 8 heteroatoms. The fourth-order valence-electron chi connectivity index (χ4n) is 2.34. The molecule has 0 aliphatic heterocycles. The molecule has 2 heterocycles. The number of fused-ring (bicyclic) bond motifs is 1. The third-order valence-corrected chi connectivity index (χ3v) is 5.29. The second kappa shape index (κ2) is 5.68. The van der Waals surface area contributed by atoms with Crippen molar-refractivity contribution in [2.45, 2.75) is 4.90 Å². The molecule has 0 unspecified atom stereocenters. The molecule has 0 atom stereocenters. The molecule has 0 bridgehead atoms. The van der Waals surface area contributed by atoms with Crippen molar-refractivity contribution in [3.8, 4) is 5.88 Å². The van der Waals surface area contributed by atoms with Crippen molar-refractivity contribution in [2.75, 3.05) is 5.88 Å². The number of hydrogen-bond acceptors (Lipinski definition) is 4. The number of ketones is 1. The number of carbonyl (C=O) groups is 1. The lowest BCUT2D eigenvalue weighted by Crippen LogP contribution is -2.44. The number of benzene rings is 1. The van der Waals surface area contributed by atoms with E-state index in [2.05, 4.69) is 0 Å². The van der Waals surface area contributed by atoms with Crippen LogP contribution in [0.15, 0.2) is 59.6 Å². The SMILES string of the molecule is O=C(CCl)c1c([O-])[n+](S(=O)(=O)c2ccccc2)c2ccccn12. The first-order chi connectivity index (χ1) is 11.0. The molecule has 0 spiro atoms. The topological polar surface area (TPSA) is 82.6 Å². The first-order valence-electron chi connectivity index (χ1n) is 6.60. The maximum absolute atomic E-state index is 12.8. The molecular weight excluding hydrogens is 340 g/mol. The van der Waals surface area contributed by atoms with Crippen LogP contribution in [0.2, 0.25) is 0 Å². The molecule has 0 aliphatic carbocycles. The minimum Gasteiger partial charge on any atom is -0.838 e. The number of pyridine rings is 1. The monoisotopic (exact) mass is 350 g/mol. The van der Waals surface area contributed by atoms with Gasteiger partial charge >= 0.3 is 15.7 Å². The highest BCUT2D eigenvalue weighted by Gasteiger charge is 2.32. The molecule has 0 saturated carbocycles. The van der Waals surface area contributed by atoms with Gasteiger partial charge in [0.25, 0.3) is 0 Å². The zero-order valence-corrected chi connectivity index (χ0v) is 13.3. The molecule has 2 aromatic heterocycles. The van der Waals surface area contributed by atoms with Crippen LogP contribution in [-0.4, -0.2) is 24.5 Å². The maximum Gasteiger partial charge on any atom is 0.335 e. The quantitative estimate of drug-likeness (QED) is 0.398. The van der Waals surface area contributed by atoms with Crippen molar-refractivity contribution in [1.82, 2.24) is 4.40 Å². The molecular formula is C15H11ClN2O4S. The van der Waals surface area contributed by atoms with E-state index in [9.17, 15) is 18.3 Å². The van der Waals surface area contributed by atoms with E-state index < -0.39 is 27.6 Å². The summed E-state index contributed by atoms with van der Waals surface area (Å²) in [5.41, 5.74) is -0.204. The molecule has 3 rings (SSSR count). The van der Waals surface area contributed by atoms with E-state index in [1.54, 1.807) is 30.3 Å². The number of Topliss-reactive ketones (excluding diaryl/α,β-unsaturated/α-hetero) is 1. The normalized spacial score (nSPS) is 11.7. The Hall–Kier alpha value is -2.38. The number of halogens is 1. The van der Waals surface area contributed by atoms with E-state index in [0.29, 0.717) is 3.97 Å². The molecule has 0 aliphatic rings. The molecule has 1 aromatic carbocycles. The van der Waals surface area contributed by atoms with Gasteiger partial charge in [-0.25, -0.2) is 0 Å². The Labute approximate surface area is 137 Å². The summed E-state index contributed by atoms with van der Waals surface area (Å²) in [7, 11) is -4.13. The standard InChI is InChI=1S/C15H11ClN2O4S/c16-10-12(19)14-15(20)18(13-8-4-5-9-17(13)14)23(21,22)11-6-2-1-3-7-11/h1-9H,10H2. The Morgan fingerprint density at radius 3 is 2.43 bits per heavy atom. The average Bonchev–Trinajstić information content (AvgIpc) is 2.87. The summed E-state index contributed by atoms with van der Waals surface area (Å²) in [6.45, 7) is 0. The Kier molecular flexibility index (Phi) is 3.83. The van der Waals surface area contributed by atoms with Crippen LogP contribution in [0.25, 0.3) is 5.65 Å². The van der Waals surface area contributed by atoms with Crippen molar-refractivity contribution in [1.29, 1.82) is 0 Å². The van der Waals surface area contributed by atoms with Gasteiger partial charge in [0.05, 0.1) is 12.1 Å². The number of alkyl halides is 1. The van der Waals surface area contributed by atoms with Crippen molar-refractivity contribution in [2.24, 2.45) is 0 Å². The molecule has 0 amide bonds. The minimum atomic E-state index is -4.13. The second-order valence-electron chi connectivity index (χ2n) is 4.72. The van der Waals surface area contributed by atoms with Gasteiger partial charge in [-0.15, -0.1) is 15.6 Å². The minimum absolute atomic E-state index is 0.0386. The third kappa shape index (κ3) is 2.38. The molecule has 0 saturated heterocycles. The van der Waals surface area contributed by atoms with Gasteiger partial charge in [-0.3, -0.25) is 4.79 Å². The number of carbonyl (C=O) groups excluding carboxylic acids is 1. The van der Waals surface area contributed by atoms with Crippen LogP contribution in [-0.2, 0) is 10.0 Å². The van der Waals surface area contributed by atoms with E-state index in [1.165, 1.54) is 28.8 Å². The van der Waals surface area contributed by atoms with Crippen LogP contribution in [0.4, 0.5) is 0 Å². The first kappa shape index (κ1) is 15.5. The second-order valence-corrected chi connectivity index (χ2v) is 6.78. The van der Waals surface area contributed by atoms with E-state index in [-0.39, 0.29) is 16.2 Å². The first-order valence-corrected chi connectivity index (χ1v) is 8.58. The van der Waals surface area contributed by atoms with Crippen LogP contribution >= 0.6 is 11.6 Å². The zero-order valence-electron chi connectivity index (χ0n) is 11.7. The Bertz CT molecular complexity index is 997. The molecule has 118 valence electrons. The Morgan fingerprint density at radius 1 is 1.13 bits per heavy atom. The fraction of sp³-hybridized carbons (Fsp3) is 0.0667. The van der Waals surface area contributed by atoms with E-state index in [0.717, 1.165) is 0 Å². The number of imidazole rings is 1. The maximum atomic E-state index is 12.8. The predicted molar refractivity (Wildman–Crippen MR) is 81.1 cm³/mol. The zero-order chi connectivity index (χ0) is 16.6. The van der Waals surface area contributed by atoms with Gasteiger partial charge in [0.15, 0.2) is 0 Å². The highest BCUT2D eigenvalue weighted by molar-refractivity contribution is 7.85. The van der Waals surface area contributed by atoms with Crippen molar-refractivity contribution < 1.29 is 22.3 Å². The van der Waals surface area contributed by atoms with E-state index in [1.807, 2.05) is 0 Å². The summed E-state index contributed by atoms with van der Waals surface area (Å²) in [5.74, 6) is -1.97. The summed E-state index contributed by atoms with van der Waals surface area (Å²) in [6.07, 6.45) is 1.45. The highest BCUT2D eigenvalue weighted by Crippen LogP contribution is 2.19.